The lowest BCUT2D eigenvalue weighted by Crippen LogP contribution is -2.38. The molecule has 0 aromatic heterocycles. The van der Waals surface area contributed by atoms with Crippen LogP contribution in [0.3, 0.4) is 0 Å². The molecule has 0 bridgehead atoms. The Hall–Kier alpha value is -2.44. The highest BCUT2D eigenvalue weighted by Crippen LogP contribution is 2.35. The lowest BCUT2D eigenvalue weighted by Gasteiger charge is -2.33. The third kappa shape index (κ3) is 2.86. The van der Waals surface area contributed by atoms with E-state index in [0.717, 1.165) is 11.6 Å². The van der Waals surface area contributed by atoms with Crippen LogP contribution in [0, 0.1) is 5.82 Å². The first kappa shape index (κ1) is 16.4. The fraction of sp³-hybridized carbons (Fsp3) is 0.176. The Morgan fingerprint density at radius 1 is 1.21 bits per heavy atom. The molecule has 24 heavy (non-hydrogen) atoms. The van der Waals surface area contributed by atoms with Gasteiger partial charge in [-0.2, -0.15) is 0 Å². The molecule has 4 N–H and O–H groups in total. The van der Waals surface area contributed by atoms with Crippen molar-refractivity contribution in [3.05, 3.63) is 63.9 Å². The van der Waals surface area contributed by atoms with Gasteiger partial charge in [0.1, 0.15) is 5.82 Å². The Morgan fingerprint density at radius 3 is 2.67 bits per heavy atom. The lowest BCUT2D eigenvalue weighted by molar-refractivity contribution is 0.0980. The van der Waals surface area contributed by atoms with Gasteiger partial charge in [-0.05, 0) is 48.4 Å². The molecule has 1 atom stereocenters. The molecule has 0 fully saturated rings. The van der Waals surface area contributed by atoms with E-state index in [4.69, 9.17) is 23.1 Å². The standard InChI is InChI=1S/C17H15ClFN3O2/c18-10-2-4-15-12(8-10)14(20)5-6-22(15)17(24)11-7-9(16(21)23)1-3-13(11)19/h1-4,7-8,14H,5-6,20H2,(H2,21,23). The zero-order chi connectivity index (χ0) is 17.4. The molecule has 7 heteroatoms. The van der Waals surface area contributed by atoms with Crippen LogP contribution in [0.25, 0.3) is 0 Å². The average molecular weight is 348 g/mol. The number of hydrogen-bond donors (Lipinski definition) is 2. The van der Waals surface area contributed by atoms with Crippen molar-refractivity contribution in [2.24, 2.45) is 11.5 Å². The number of primary amides is 1. The molecule has 3 rings (SSSR count). The highest BCUT2D eigenvalue weighted by molar-refractivity contribution is 6.30. The van der Waals surface area contributed by atoms with Crippen LogP contribution < -0.4 is 16.4 Å². The van der Waals surface area contributed by atoms with Crippen molar-refractivity contribution < 1.29 is 14.0 Å². The fourth-order valence-corrected chi connectivity index (χ4v) is 2.99. The predicted molar refractivity (Wildman–Crippen MR) is 89.6 cm³/mol. The van der Waals surface area contributed by atoms with Crippen LogP contribution in [0.5, 0.6) is 0 Å². The quantitative estimate of drug-likeness (QED) is 0.875. The number of anilines is 1. The monoisotopic (exact) mass is 347 g/mol. The maximum Gasteiger partial charge on any atom is 0.261 e. The molecule has 0 spiro atoms. The van der Waals surface area contributed by atoms with Crippen molar-refractivity contribution in [1.29, 1.82) is 0 Å². The van der Waals surface area contributed by atoms with E-state index in [1.54, 1.807) is 18.2 Å². The van der Waals surface area contributed by atoms with Crippen LogP contribution in [0.15, 0.2) is 36.4 Å². The van der Waals surface area contributed by atoms with Crippen molar-refractivity contribution in [2.45, 2.75) is 12.5 Å². The number of amides is 2. The summed E-state index contributed by atoms with van der Waals surface area (Å²) in [4.78, 5) is 25.5. The fourth-order valence-electron chi connectivity index (χ4n) is 2.81. The first-order chi connectivity index (χ1) is 11.4. The van der Waals surface area contributed by atoms with Crippen molar-refractivity contribution in [1.82, 2.24) is 0 Å². The summed E-state index contributed by atoms with van der Waals surface area (Å²) in [6, 6.07) is 8.27. The van der Waals surface area contributed by atoms with Gasteiger partial charge >= 0.3 is 0 Å². The molecule has 2 aromatic carbocycles. The highest BCUT2D eigenvalue weighted by atomic mass is 35.5. The molecule has 0 radical (unpaired) electrons. The average Bonchev–Trinajstić information content (AvgIpc) is 2.55. The summed E-state index contributed by atoms with van der Waals surface area (Å²) in [7, 11) is 0. The molecule has 1 heterocycles. The van der Waals surface area contributed by atoms with Gasteiger partial charge in [0.15, 0.2) is 0 Å². The number of benzene rings is 2. The Balaban J connectivity index is 2.05. The van der Waals surface area contributed by atoms with E-state index in [1.165, 1.54) is 17.0 Å². The number of hydrogen-bond acceptors (Lipinski definition) is 3. The largest absolute Gasteiger partial charge is 0.366 e. The number of carbonyl (C=O) groups excluding carboxylic acids is 2. The second-order valence-electron chi connectivity index (χ2n) is 5.61. The number of fused-ring (bicyclic) bond motifs is 1. The molecule has 5 nitrogen and oxygen atoms in total. The van der Waals surface area contributed by atoms with E-state index in [-0.39, 0.29) is 17.2 Å². The van der Waals surface area contributed by atoms with E-state index in [0.29, 0.717) is 23.7 Å². The topological polar surface area (TPSA) is 89.4 Å². The summed E-state index contributed by atoms with van der Waals surface area (Å²) in [6.45, 7) is 0.342. The molecule has 0 saturated carbocycles. The van der Waals surface area contributed by atoms with Crippen LogP contribution in [0.1, 0.15) is 38.7 Å². The summed E-state index contributed by atoms with van der Waals surface area (Å²) in [6.07, 6.45) is 0.524. The number of halogens is 2. The van der Waals surface area contributed by atoms with Crippen LogP contribution in [-0.2, 0) is 0 Å². The van der Waals surface area contributed by atoms with E-state index in [2.05, 4.69) is 0 Å². The molecule has 0 saturated heterocycles. The van der Waals surface area contributed by atoms with Gasteiger partial charge in [0.25, 0.3) is 5.91 Å². The van der Waals surface area contributed by atoms with E-state index < -0.39 is 17.6 Å². The lowest BCUT2D eigenvalue weighted by atomic mass is 9.96. The molecule has 1 unspecified atom stereocenters. The minimum atomic E-state index is -0.725. The van der Waals surface area contributed by atoms with Gasteiger partial charge in [0, 0.05) is 28.9 Å². The second kappa shape index (κ2) is 6.22. The Morgan fingerprint density at radius 2 is 1.96 bits per heavy atom. The molecule has 124 valence electrons. The summed E-state index contributed by atoms with van der Waals surface area (Å²) < 4.78 is 14.1. The van der Waals surface area contributed by atoms with Gasteiger partial charge in [-0.1, -0.05) is 11.6 Å². The number of carbonyl (C=O) groups is 2. The van der Waals surface area contributed by atoms with Gasteiger partial charge in [-0.25, -0.2) is 4.39 Å². The minimum absolute atomic E-state index is 0.0739. The van der Waals surface area contributed by atoms with Gasteiger partial charge in [-0.3, -0.25) is 9.59 Å². The maximum absolute atomic E-state index is 14.1. The van der Waals surface area contributed by atoms with Crippen molar-refractivity contribution in [3.8, 4) is 0 Å². The SMILES string of the molecule is NC(=O)c1ccc(F)c(C(=O)N2CCC(N)c3cc(Cl)ccc32)c1. The third-order valence-corrected chi connectivity index (χ3v) is 4.31. The molecule has 1 aliphatic heterocycles. The summed E-state index contributed by atoms with van der Waals surface area (Å²) in [5.74, 6) is -1.99. The second-order valence-corrected chi connectivity index (χ2v) is 6.05. The first-order valence-electron chi connectivity index (χ1n) is 7.34. The van der Waals surface area contributed by atoms with Gasteiger partial charge in [-0.15, -0.1) is 0 Å². The zero-order valence-electron chi connectivity index (χ0n) is 12.6. The Labute approximate surface area is 143 Å². The normalized spacial score (nSPS) is 16.6. The van der Waals surface area contributed by atoms with Gasteiger partial charge < -0.3 is 16.4 Å². The number of rotatable bonds is 2. The van der Waals surface area contributed by atoms with Crippen LogP contribution in [-0.4, -0.2) is 18.4 Å². The van der Waals surface area contributed by atoms with Gasteiger partial charge in [0.2, 0.25) is 5.91 Å². The Bertz CT molecular complexity index is 841. The summed E-state index contributed by atoms with van der Waals surface area (Å²) >= 11 is 6.00. The maximum atomic E-state index is 14.1. The van der Waals surface area contributed by atoms with Crippen LogP contribution >= 0.6 is 11.6 Å². The van der Waals surface area contributed by atoms with Crippen molar-refractivity contribution in [3.63, 3.8) is 0 Å². The number of nitrogens with zero attached hydrogens (tertiary/aromatic N) is 1. The van der Waals surface area contributed by atoms with Crippen molar-refractivity contribution in [2.75, 3.05) is 11.4 Å². The number of nitrogens with two attached hydrogens (primary N) is 2. The minimum Gasteiger partial charge on any atom is -0.366 e. The predicted octanol–water partition coefficient (Wildman–Crippen LogP) is 2.63. The summed E-state index contributed by atoms with van der Waals surface area (Å²) in [5, 5.41) is 0.514. The molecule has 1 aliphatic rings. The molecule has 0 aliphatic carbocycles. The van der Waals surface area contributed by atoms with E-state index in [9.17, 15) is 14.0 Å². The smallest absolute Gasteiger partial charge is 0.261 e. The summed E-state index contributed by atoms with van der Waals surface area (Å²) in [5.41, 5.74) is 12.5. The third-order valence-electron chi connectivity index (χ3n) is 4.07. The molecule has 2 aromatic rings. The van der Waals surface area contributed by atoms with Crippen LogP contribution in [0.4, 0.5) is 10.1 Å². The van der Waals surface area contributed by atoms with Gasteiger partial charge in [0.05, 0.1) is 5.56 Å². The molecular formula is C17H15ClFN3O2. The highest BCUT2D eigenvalue weighted by Gasteiger charge is 2.29. The zero-order valence-corrected chi connectivity index (χ0v) is 13.4. The van der Waals surface area contributed by atoms with E-state index >= 15 is 0 Å². The molecule has 2 amide bonds. The van der Waals surface area contributed by atoms with Crippen LogP contribution in [0.2, 0.25) is 5.02 Å². The van der Waals surface area contributed by atoms with E-state index in [1.807, 2.05) is 0 Å². The Kier molecular flexibility index (Phi) is 4.26. The van der Waals surface area contributed by atoms with Crippen molar-refractivity contribution >= 4 is 29.1 Å². The first-order valence-corrected chi connectivity index (χ1v) is 7.72. The molecular weight excluding hydrogens is 333 g/mol.